The van der Waals surface area contributed by atoms with Crippen LogP contribution in [0.3, 0.4) is 0 Å². The third kappa shape index (κ3) is 5.80. The van der Waals surface area contributed by atoms with Crippen molar-refractivity contribution in [2.24, 2.45) is 5.73 Å². The molecule has 4 heteroatoms. The Hall–Kier alpha value is -1.26. The van der Waals surface area contributed by atoms with Crippen molar-refractivity contribution >= 4 is 0 Å². The maximum absolute atomic E-state index is 5.97. The van der Waals surface area contributed by atoms with Crippen LogP contribution in [0.25, 0.3) is 0 Å². The number of nitrogens with two attached hydrogens (primary N) is 1. The summed E-state index contributed by atoms with van der Waals surface area (Å²) < 4.78 is 16.4. The molecule has 0 spiro atoms. The summed E-state index contributed by atoms with van der Waals surface area (Å²) >= 11 is 0. The van der Waals surface area contributed by atoms with E-state index in [-0.39, 0.29) is 6.04 Å². The summed E-state index contributed by atoms with van der Waals surface area (Å²) in [7, 11) is 1.65. The fourth-order valence-corrected chi connectivity index (χ4v) is 1.86. The third-order valence-electron chi connectivity index (χ3n) is 3.08. The van der Waals surface area contributed by atoms with Crippen molar-refractivity contribution in [3.05, 3.63) is 23.8 Å². The average Bonchev–Trinajstić information content (AvgIpc) is 2.47. The van der Waals surface area contributed by atoms with Gasteiger partial charge in [-0.05, 0) is 37.0 Å². The van der Waals surface area contributed by atoms with Gasteiger partial charge in [-0.15, -0.1) is 0 Å². The molecule has 0 bridgehead atoms. The van der Waals surface area contributed by atoms with E-state index >= 15 is 0 Å². The van der Waals surface area contributed by atoms with Gasteiger partial charge in [0.25, 0.3) is 0 Å². The van der Waals surface area contributed by atoms with Crippen LogP contribution in [0.15, 0.2) is 18.2 Å². The minimum absolute atomic E-state index is 0.189. The van der Waals surface area contributed by atoms with E-state index in [4.69, 9.17) is 19.9 Å². The molecular formula is C16H27NO3. The Bertz CT molecular complexity index is 382. The van der Waals surface area contributed by atoms with Crippen LogP contribution >= 0.6 is 0 Å². The Morgan fingerprint density at radius 2 is 1.90 bits per heavy atom. The molecule has 1 aromatic carbocycles. The van der Waals surface area contributed by atoms with Gasteiger partial charge in [-0.3, -0.25) is 0 Å². The van der Waals surface area contributed by atoms with Crippen LogP contribution in [-0.4, -0.2) is 33.0 Å². The number of hydrogen-bond acceptors (Lipinski definition) is 4. The maximum atomic E-state index is 5.97. The number of rotatable bonds is 10. The first kappa shape index (κ1) is 16.8. The molecule has 4 nitrogen and oxygen atoms in total. The Kier molecular flexibility index (Phi) is 8.07. The molecule has 114 valence electrons. The quantitative estimate of drug-likeness (QED) is 0.670. The van der Waals surface area contributed by atoms with Crippen molar-refractivity contribution in [3.63, 3.8) is 0 Å². The van der Waals surface area contributed by atoms with Crippen LogP contribution in [0.1, 0.15) is 32.3 Å². The first-order valence-corrected chi connectivity index (χ1v) is 7.34. The van der Waals surface area contributed by atoms with Crippen LogP contribution in [-0.2, 0) is 11.2 Å². The number of benzene rings is 1. The van der Waals surface area contributed by atoms with Crippen molar-refractivity contribution in [3.8, 4) is 11.5 Å². The molecule has 0 heterocycles. The highest BCUT2D eigenvalue weighted by Gasteiger charge is 2.08. The fourth-order valence-electron chi connectivity index (χ4n) is 1.86. The molecule has 0 fully saturated rings. The molecule has 0 aliphatic carbocycles. The Balaban J connectivity index is 2.54. The fraction of sp³-hybridized carbons (Fsp3) is 0.625. The molecule has 1 atom stereocenters. The van der Waals surface area contributed by atoms with Crippen molar-refractivity contribution in [2.45, 2.75) is 39.2 Å². The van der Waals surface area contributed by atoms with E-state index in [1.807, 2.05) is 18.2 Å². The van der Waals surface area contributed by atoms with Crippen LogP contribution in [0.4, 0.5) is 0 Å². The summed E-state index contributed by atoms with van der Waals surface area (Å²) in [6.45, 7) is 6.08. The molecule has 1 unspecified atom stereocenters. The van der Waals surface area contributed by atoms with Gasteiger partial charge in [0, 0.05) is 12.6 Å². The Morgan fingerprint density at radius 3 is 2.55 bits per heavy atom. The zero-order valence-corrected chi connectivity index (χ0v) is 12.9. The topological polar surface area (TPSA) is 53.7 Å². The highest BCUT2D eigenvalue weighted by molar-refractivity contribution is 5.43. The highest BCUT2D eigenvalue weighted by atomic mass is 16.5. The Labute approximate surface area is 122 Å². The zero-order valence-electron chi connectivity index (χ0n) is 12.9. The van der Waals surface area contributed by atoms with E-state index in [0.29, 0.717) is 13.2 Å². The zero-order chi connectivity index (χ0) is 14.8. The van der Waals surface area contributed by atoms with Crippen LogP contribution < -0.4 is 15.2 Å². The lowest BCUT2D eigenvalue weighted by molar-refractivity contribution is 0.0995. The van der Waals surface area contributed by atoms with Gasteiger partial charge in [-0.2, -0.15) is 0 Å². The largest absolute Gasteiger partial charge is 0.493 e. The average molecular weight is 281 g/mol. The molecule has 0 aliphatic rings. The molecule has 0 aromatic heterocycles. The SMILES string of the molecule is CCCOCCOc1ccc(CC(N)CC)cc1OC. The molecule has 0 saturated heterocycles. The van der Waals surface area contributed by atoms with E-state index in [0.717, 1.165) is 37.4 Å². The summed E-state index contributed by atoms with van der Waals surface area (Å²) in [5.74, 6) is 1.50. The second kappa shape index (κ2) is 9.61. The molecular weight excluding hydrogens is 254 g/mol. The highest BCUT2D eigenvalue weighted by Crippen LogP contribution is 2.28. The first-order chi connectivity index (χ1) is 9.71. The monoisotopic (exact) mass is 281 g/mol. The van der Waals surface area contributed by atoms with Crippen LogP contribution in [0.5, 0.6) is 11.5 Å². The van der Waals surface area contributed by atoms with Crippen LogP contribution in [0.2, 0.25) is 0 Å². The summed E-state index contributed by atoms with van der Waals surface area (Å²) in [5.41, 5.74) is 7.14. The minimum atomic E-state index is 0.189. The molecule has 2 N–H and O–H groups in total. The van der Waals surface area contributed by atoms with Crippen molar-refractivity contribution in [2.75, 3.05) is 26.9 Å². The summed E-state index contributed by atoms with van der Waals surface area (Å²) in [4.78, 5) is 0. The van der Waals surface area contributed by atoms with Crippen molar-refractivity contribution in [1.82, 2.24) is 0 Å². The first-order valence-electron chi connectivity index (χ1n) is 7.34. The molecule has 0 saturated carbocycles. The predicted molar refractivity (Wildman–Crippen MR) is 81.6 cm³/mol. The van der Waals surface area contributed by atoms with Gasteiger partial charge in [0.05, 0.1) is 13.7 Å². The normalized spacial score (nSPS) is 12.2. The van der Waals surface area contributed by atoms with E-state index in [1.165, 1.54) is 5.56 Å². The minimum Gasteiger partial charge on any atom is -0.493 e. The van der Waals surface area contributed by atoms with Gasteiger partial charge >= 0.3 is 0 Å². The predicted octanol–water partition coefficient (Wildman–Crippen LogP) is 2.78. The van der Waals surface area contributed by atoms with Gasteiger partial charge in [0.2, 0.25) is 0 Å². The van der Waals surface area contributed by atoms with E-state index in [1.54, 1.807) is 7.11 Å². The van der Waals surface area contributed by atoms with Gasteiger partial charge in [-0.1, -0.05) is 19.9 Å². The summed E-state index contributed by atoms with van der Waals surface area (Å²) in [6.07, 6.45) is 2.85. The molecule has 0 radical (unpaired) electrons. The lowest BCUT2D eigenvalue weighted by atomic mass is 10.0. The standard InChI is InChI=1S/C16H27NO3/c1-4-8-19-9-10-20-15-7-6-13(11-14(17)5-2)12-16(15)18-3/h6-7,12,14H,4-5,8-11,17H2,1-3H3. The van der Waals surface area contributed by atoms with Crippen molar-refractivity contribution < 1.29 is 14.2 Å². The summed E-state index contributed by atoms with van der Waals surface area (Å²) in [5, 5.41) is 0. The van der Waals surface area contributed by atoms with Gasteiger partial charge in [0.15, 0.2) is 11.5 Å². The Morgan fingerprint density at radius 1 is 1.10 bits per heavy atom. The van der Waals surface area contributed by atoms with E-state index in [2.05, 4.69) is 13.8 Å². The van der Waals surface area contributed by atoms with Gasteiger partial charge < -0.3 is 19.9 Å². The maximum Gasteiger partial charge on any atom is 0.161 e. The lowest BCUT2D eigenvalue weighted by Crippen LogP contribution is -2.21. The van der Waals surface area contributed by atoms with Gasteiger partial charge in [-0.25, -0.2) is 0 Å². The molecule has 20 heavy (non-hydrogen) atoms. The van der Waals surface area contributed by atoms with Crippen molar-refractivity contribution in [1.29, 1.82) is 0 Å². The van der Waals surface area contributed by atoms with Gasteiger partial charge in [0.1, 0.15) is 6.61 Å². The second-order valence-electron chi connectivity index (χ2n) is 4.82. The molecule has 0 aliphatic heterocycles. The number of hydrogen-bond donors (Lipinski definition) is 1. The molecule has 1 rings (SSSR count). The van der Waals surface area contributed by atoms with Crippen LogP contribution in [0, 0.1) is 0 Å². The summed E-state index contributed by atoms with van der Waals surface area (Å²) in [6, 6.07) is 6.17. The molecule has 1 aromatic rings. The number of ether oxygens (including phenoxy) is 3. The van der Waals surface area contributed by atoms with E-state index in [9.17, 15) is 0 Å². The molecule has 0 amide bonds. The van der Waals surface area contributed by atoms with E-state index < -0.39 is 0 Å². The number of methoxy groups -OCH3 is 1. The third-order valence-corrected chi connectivity index (χ3v) is 3.08. The second-order valence-corrected chi connectivity index (χ2v) is 4.82. The lowest BCUT2D eigenvalue weighted by Gasteiger charge is -2.14. The smallest absolute Gasteiger partial charge is 0.161 e.